The van der Waals surface area contributed by atoms with E-state index in [1.165, 1.54) is 11.8 Å². The van der Waals surface area contributed by atoms with Gasteiger partial charge in [0.1, 0.15) is 24.4 Å². The van der Waals surface area contributed by atoms with E-state index in [0.717, 1.165) is 0 Å². The van der Waals surface area contributed by atoms with E-state index < -0.39 is 24.4 Å². The molecule has 0 aromatic rings. The molecule has 0 saturated carbocycles. The zero-order valence-corrected chi connectivity index (χ0v) is 9.28. The number of nitrogens with zero attached hydrogens (tertiary/aromatic N) is 1. The maximum atomic E-state index is 11.3. The molecule has 2 aliphatic heterocycles. The number of amides is 1. The van der Waals surface area contributed by atoms with Crippen LogP contribution < -0.4 is 0 Å². The Morgan fingerprint density at radius 1 is 1.38 bits per heavy atom. The minimum Gasteiger partial charge on any atom is -0.394 e. The first-order valence-electron chi connectivity index (χ1n) is 5.40. The molecule has 0 bridgehead atoms. The number of hydrogen-bond donors (Lipinski definition) is 3. The molecule has 16 heavy (non-hydrogen) atoms. The van der Waals surface area contributed by atoms with Gasteiger partial charge >= 0.3 is 0 Å². The predicted molar refractivity (Wildman–Crippen MR) is 53.5 cm³/mol. The molecule has 0 aromatic heterocycles. The molecule has 6 unspecified atom stereocenters. The smallest absolute Gasteiger partial charge is 0.220 e. The van der Waals surface area contributed by atoms with Crippen LogP contribution in [0.5, 0.6) is 0 Å². The van der Waals surface area contributed by atoms with E-state index in [0.29, 0.717) is 0 Å². The average Bonchev–Trinajstić information content (AvgIpc) is 2.23. The molecule has 3 N–H and O–H groups in total. The summed E-state index contributed by atoms with van der Waals surface area (Å²) in [7, 11) is 0. The van der Waals surface area contributed by atoms with Crippen molar-refractivity contribution < 1.29 is 24.9 Å². The Bertz CT molecular complexity index is 295. The lowest BCUT2D eigenvalue weighted by atomic mass is 9.80. The van der Waals surface area contributed by atoms with E-state index in [1.807, 2.05) is 6.92 Å². The topological polar surface area (TPSA) is 90.2 Å². The van der Waals surface area contributed by atoms with Gasteiger partial charge in [0, 0.05) is 6.92 Å². The Hall–Kier alpha value is -0.690. The van der Waals surface area contributed by atoms with E-state index >= 15 is 0 Å². The zero-order valence-electron chi connectivity index (χ0n) is 9.28. The second-order valence-corrected chi connectivity index (χ2v) is 4.46. The van der Waals surface area contributed by atoms with Crippen LogP contribution in [0, 0.1) is 0 Å². The minimum atomic E-state index is -1.15. The van der Waals surface area contributed by atoms with Crippen molar-refractivity contribution in [3.05, 3.63) is 0 Å². The lowest BCUT2D eigenvalue weighted by molar-refractivity contribution is -0.271. The van der Waals surface area contributed by atoms with E-state index in [-0.39, 0.29) is 24.7 Å². The summed E-state index contributed by atoms with van der Waals surface area (Å²) in [6, 6.07) is -0.621. The molecule has 2 heterocycles. The van der Waals surface area contributed by atoms with Crippen LogP contribution in [0.25, 0.3) is 0 Å². The molecule has 2 rings (SSSR count). The van der Waals surface area contributed by atoms with Gasteiger partial charge in [0.15, 0.2) is 0 Å². The second-order valence-electron chi connectivity index (χ2n) is 4.46. The Labute approximate surface area is 93.4 Å². The summed E-state index contributed by atoms with van der Waals surface area (Å²) in [5.74, 6) is -0.147. The molecular formula is C10H17NO5. The van der Waals surface area contributed by atoms with Crippen molar-refractivity contribution in [2.45, 2.75) is 50.3 Å². The van der Waals surface area contributed by atoms with Gasteiger partial charge in [0.2, 0.25) is 5.91 Å². The Kier molecular flexibility index (Phi) is 2.91. The third-order valence-corrected chi connectivity index (χ3v) is 3.53. The molecule has 0 aromatic carbocycles. The van der Waals surface area contributed by atoms with Crippen LogP contribution in [-0.4, -0.2) is 69.2 Å². The van der Waals surface area contributed by atoms with Crippen LogP contribution in [0.1, 0.15) is 13.8 Å². The van der Waals surface area contributed by atoms with Crippen molar-refractivity contribution in [2.75, 3.05) is 6.61 Å². The maximum Gasteiger partial charge on any atom is 0.220 e. The Morgan fingerprint density at radius 3 is 2.50 bits per heavy atom. The van der Waals surface area contributed by atoms with Gasteiger partial charge in [0.25, 0.3) is 0 Å². The lowest BCUT2D eigenvalue weighted by Gasteiger charge is -2.59. The number of aliphatic hydroxyl groups excluding tert-OH is 3. The summed E-state index contributed by atoms with van der Waals surface area (Å²) in [6.07, 6.45) is -3.29. The lowest BCUT2D eigenvalue weighted by Crippen LogP contribution is -2.78. The first kappa shape index (κ1) is 11.8. The van der Waals surface area contributed by atoms with Gasteiger partial charge in [-0.2, -0.15) is 0 Å². The van der Waals surface area contributed by atoms with Crippen LogP contribution in [-0.2, 0) is 9.53 Å². The quantitative estimate of drug-likeness (QED) is 0.490. The Morgan fingerprint density at radius 2 is 2.00 bits per heavy atom. The SMILES string of the molecule is CC(=O)N1C(C)C2OC(CO)C(O)C(O)C21. The van der Waals surface area contributed by atoms with Gasteiger partial charge in [-0.1, -0.05) is 0 Å². The van der Waals surface area contributed by atoms with E-state index in [1.54, 1.807) is 0 Å². The molecular weight excluding hydrogens is 214 g/mol. The fourth-order valence-electron chi connectivity index (χ4n) is 2.68. The second kappa shape index (κ2) is 3.96. The first-order valence-corrected chi connectivity index (χ1v) is 5.40. The number of carbonyl (C=O) groups excluding carboxylic acids is 1. The molecule has 1 amide bonds. The molecule has 6 atom stereocenters. The minimum absolute atomic E-state index is 0.126. The highest BCUT2D eigenvalue weighted by Crippen LogP contribution is 2.37. The molecule has 0 radical (unpaired) electrons. The molecule has 6 nitrogen and oxygen atoms in total. The molecule has 2 aliphatic rings. The molecule has 2 saturated heterocycles. The van der Waals surface area contributed by atoms with E-state index in [4.69, 9.17) is 9.84 Å². The molecule has 92 valence electrons. The van der Waals surface area contributed by atoms with E-state index in [2.05, 4.69) is 0 Å². The van der Waals surface area contributed by atoms with Crippen molar-refractivity contribution in [1.29, 1.82) is 0 Å². The predicted octanol–water partition coefficient (Wildman–Crippen LogP) is -1.91. The van der Waals surface area contributed by atoms with Crippen molar-refractivity contribution in [3.63, 3.8) is 0 Å². The number of hydrogen-bond acceptors (Lipinski definition) is 5. The van der Waals surface area contributed by atoms with Crippen LogP contribution >= 0.6 is 0 Å². The van der Waals surface area contributed by atoms with Gasteiger partial charge in [0.05, 0.1) is 18.7 Å². The molecule has 6 heteroatoms. The van der Waals surface area contributed by atoms with Crippen LogP contribution in [0.2, 0.25) is 0 Å². The van der Waals surface area contributed by atoms with Gasteiger partial charge in [-0.05, 0) is 6.92 Å². The normalized spacial score (nSPS) is 47.2. The van der Waals surface area contributed by atoms with Gasteiger partial charge < -0.3 is 25.0 Å². The number of carbonyl (C=O) groups is 1. The van der Waals surface area contributed by atoms with Crippen molar-refractivity contribution >= 4 is 5.91 Å². The third-order valence-electron chi connectivity index (χ3n) is 3.53. The highest BCUT2D eigenvalue weighted by atomic mass is 16.5. The molecule has 2 fully saturated rings. The van der Waals surface area contributed by atoms with Crippen LogP contribution in [0.3, 0.4) is 0 Å². The number of aliphatic hydroxyl groups is 3. The standard InChI is InChI=1S/C10H17NO5/c1-4-10-7(11(4)5(2)13)9(15)8(14)6(3-12)16-10/h4,6-10,12,14-15H,3H2,1-2H3. The summed E-state index contributed by atoms with van der Waals surface area (Å²) in [4.78, 5) is 12.8. The monoisotopic (exact) mass is 231 g/mol. The van der Waals surface area contributed by atoms with Crippen molar-refractivity contribution in [2.24, 2.45) is 0 Å². The highest BCUT2D eigenvalue weighted by molar-refractivity contribution is 5.75. The van der Waals surface area contributed by atoms with Crippen LogP contribution in [0.15, 0.2) is 0 Å². The summed E-state index contributed by atoms with van der Waals surface area (Å²) in [6.45, 7) is 2.90. The number of rotatable bonds is 1. The molecule has 0 spiro atoms. The molecule has 0 aliphatic carbocycles. The number of fused-ring (bicyclic) bond motifs is 1. The van der Waals surface area contributed by atoms with Crippen LogP contribution in [0.4, 0.5) is 0 Å². The Balaban J connectivity index is 2.16. The fraction of sp³-hybridized carbons (Fsp3) is 0.900. The summed E-state index contributed by atoms with van der Waals surface area (Å²) in [5.41, 5.74) is 0. The fourth-order valence-corrected chi connectivity index (χ4v) is 2.68. The number of likely N-dealkylation sites (tertiary alicyclic amines) is 1. The summed E-state index contributed by atoms with van der Waals surface area (Å²) in [5, 5.41) is 28.5. The summed E-state index contributed by atoms with van der Waals surface area (Å²) < 4.78 is 5.46. The van der Waals surface area contributed by atoms with Gasteiger partial charge in [-0.3, -0.25) is 4.79 Å². The van der Waals surface area contributed by atoms with Crippen molar-refractivity contribution in [1.82, 2.24) is 4.90 Å². The van der Waals surface area contributed by atoms with E-state index in [9.17, 15) is 15.0 Å². The average molecular weight is 231 g/mol. The zero-order chi connectivity index (χ0) is 12.0. The van der Waals surface area contributed by atoms with Crippen molar-refractivity contribution in [3.8, 4) is 0 Å². The van der Waals surface area contributed by atoms with Gasteiger partial charge in [-0.15, -0.1) is 0 Å². The maximum absolute atomic E-state index is 11.3. The highest BCUT2D eigenvalue weighted by Gasteiger charge is 2.58. The third kappa shape index (κ3) is 1.45. The van der Waals surface area contributed by atoms with Gasteiger partial charge in [-0.25, -0.2) is 0 Å². The number of ether oxygens (including phenoxy) is 1. The summed E-state index contributed by atoms with van der Waals surface area (Å²) >= 11 is 0. The first-order chi connectivity index (χ1) is 7.49. The largest absolute Gasteiger partial charge is 0.394 e.